The third kappa shape index (κ3) is 3.26. The lowest BCUT2D eigenvalue weighted by molar-refractivity contribution is -0.0526. The smallest absolute Gasteiger partial charge is 0.388 e. The number of nitrogens with zero attached hydrogens (tertiary/aromatic N) is 4. The van der Waals surface area contributed by atoms with Gasteiger partial charge < -0.3 is 14.6 Å². The Balaban J connectivity index is 1.53. The molecule has 1 aliphatic heterocycles. The van der Waals surface area contributed by atoms with Crippen molar-refractivity contribution in [3.8, 4) is 17.0 Å². The summed E-state index contributed by atoms with van der Waals surface area (Å²) in [6.45, 7) is -1.38. The minimum Gasteiger partial charge on any atom is -0.417 e. The number of nitrogens with one attached hydrogen (secondary N) is 1. The van der Waals surface area contributed by atoms with Gasteiger partial charge in [-0.25, -0.2) is 4.52 Å². The molecule has 1 N–H and O–H groups in total. The molecule has 0 atom stereocenters. The van der Waals surface area contributed by atoms with E-state index in [2.05, 4.69) is 19.8 Å². The van der Waals surface area contributed by atoms with Crippen LogP contribution in [0.2, 0.25) is 0 Å². The van der Waals surface area contributed by atoms with Gasteiger partial charge in [0.05, 0.1) is 17.3 Å². The molecule has 1 aliphatic rings. The number of aromatic nitrogens is 4. The number of rotatable bonds is 4. The number of carbonyl (C=O) groups excluding carboxylic acids is 1. The lowest BCUT2D eigenvalue weighted by Gasteiger charge is -2.26. The molecule has 0 saturated carbocycles. The molecule has 7 nitrogen and oxygen atoms in total. The van der Waals surface area contributed by atoms with Gasteiger partial charge in [0, 0.05) is 42.5 Å². The molecule has 5 heterocycles. The number of alkyl halides is 2. The van der Waals surface area contributed by atoms with Crippen LogP contribution in [0.15, 0.2) is 42.9 Å². The molecule has 4 aromatic heterocycles. The van der Waals surface area contributed by atoms with Crippen LogP contribution in [0.5, 0.6) is 5.88 Å². The van der Waals surface area contributed by atoms with Crippen molar-refractivity contribution in [2.75, 3.05) is 13.1 Å². The first-order valence-electron chi connectivity index (χ1n) is 9.80. The molecule has 9 heteroatoms. The maximum atomic E-state index is 13.0. The number of halogens is 2. The molecule has 1 saturated heterocycles. The monoisotopic (exact) mass is 411 g/mol. The fourth-order valence-corrected chi connectivity index (χ4v) is 3.96. The summed E-state index contributed by atoms with van der Waals surface area (Å²) in [6.07, 6.45) is 8.38. The Kier molecular flexibility index (Phi) is 4.57. The number of hydrogen-bond donors (Lipinski definition) is 1. The second kappa shape index (κ2) is 7.40. The molecule has 5 rings (SSSR count). The van der Waals surface area contributed by atoms with E-state index < -0.39 is 6.61 Å². The van der Waals surface area contributed by atoms with E-state index in [0.717, 1.165) is 54.4 Å². The number of likely N-dealkylation sites (tertiary alicyclic amines) is 1. The Bertz CT molecular complexity index is 1230. The van der Waals surface area contributed by atoms with Crippen LogP contribution in [0.1, 0.15) is 29.6 Å². The van der Waals surface area contributed by atoms with Gasteiger partial charge in [-0.15, -0.1) is 0 Å². The normalized spacial score (nSPS) is 14.7. The first-order chi connectivity index (χ1) is 14.6. The number of pyridine rings is 2. The van der Waals surface area contributed by atoms with E-state index in [1.54, 1.807) is 29.2 Å². The number of amides is 1. The van der Waals surface area contributed by atoms with Gasteiger partial charge in [-0.1, -0.05) is 0 Å². The Morgan fingerprint density at radius 3 is 2.80 bits per heavy atom. The van der Waals surface area contributed by atoms with Crippen LogP contribution in [0.3, 0.4) is 0 Å². The van der Waals surface area contributed by atoms with Crippen LogP contribution in [0, 0.1) is 0 Å². The predicted octanol–water partition coefficient (Wildman–Crippen LogP) is 4.11. The third-order valence-corrected chi connectivity index (χ3v) is 5.43. The molecule has 1 amide bonds. The van der Waals surface area contributed by atoms with E-state index in [0.29, 0.717) is 11.2 Å². The first-order valence-corrected chi connectivity index (χ1v) is 9.80. The summed E-state index contributed by atoms with van der Waals surface area (Å²) in [5, 5.41) is 5.09. The summed E-state index contributed by atoms with van der Waals surface area (Å²) in [4.78, 5) is 22.0. The molecule has 30 heavy (non-hydrogen) atoms. The summed E-state index contributed by atoms with van der Waals surface area (Å²) in [5.74, 6) is -0.150. The summed E-state index contributed by atoms with van der Waals surface area (Å²) in [5.41, 5.74) is 3.46. The first kappa shape index (κ1) is 18.5. The van der Waals surface area contributed by atoms with Crippen molar-refractivity contribution in [3.05, 3.63) is 48.4 Å². The van der Waals surface area contributed by atoms with Crippen molar-refractivity contribution in [3.63, 3.8) is 0 Å². The van der Waals surface area contributed by atoms with Gasteiger partial charge in [-0.05, 0) is 43.0 Å². The lowest BCUT2D eigenvalue weighted by Crippen LogP contribution is -2.35. The molecule has 0 bridgehead atoms. The maximum Gasteiger partial charge on any atom is 0.388 e. The number of H-pyrrole nitrogens is 1. The van der Waals surface area contributed by atoms with Crippen molar-refractivity contribution in [2.24, 2.45) is 0 Å². The average Bonchev–Trinajstić information content (AvgIpc) is 3.36. The van der Waals surface area contributed by atoms with Crippen LogP contribution in [0.25, 0.3) is 27.7 Å². The average molecular weight is 411 g/mol. The summed E-state index contributed by atoms with van der Waals surface area (Å²) < 4.78 is 30.9. The highest BCUT2D eigenvalue weighted by Crippen LogP contribution is 2.31. The fourth-order valence-electron chi connectivity index (χ4n) is 3.96. The number of carbonyl (C=O) groups is 1. The zero-order chi connectivity index (χ0) is 20.7. The number of piperidine rings is 1. The molecule has 4 aromatic rings. The molecule has 0 aromatic carbocycles. The van der Waals surface area contributed by atoms with Crippen LogP contribution in [0.4, 0.5) is 8.78 Å². The Morgan fingerprint density at radius 2 is 2.00 bits per heavy atom. The molecule has 0 unspecified atom stereocenters. The maximum absolute atomic E-state index is 13.0. The molecule has 0 spiro atoms. The molecule has 0 aliphatic carbocycles. The summed E-state index contributed by atoms with van der Waals surface area (Å²) in [6, 6.07) is 6.90. The number of ether oxygens (including phenoxy) is 1. The van der Waals surface area contributed by atoms with Crippen LogP contribution < -0.4 is 4.74 Å². The zero-order valence-corrected chi connectivity index (χ0v) is 16.0. The number of aromatic amines is 1. The van der Waals surface area contributed by atoms with Crippen LogP contribution in [-0.2, 0) is 0 Å². The van der Waals surface area contributed by atoms with Gasteiger partial charge in [-0.2, -0.15) is 18.9 Å². The van der Waals surface area contributed by atoms with E-state index in [1.807, 2.05) is 17.0 Å². The van der Waals surface area contributed by atoms with Crippen LogP contribution >= 0.6 is 0 Å². The predicted molar refractivity (Wildman–Crippen MR) is 107 cm³/mol. The van der Waals surface area contributed by atoms with E-state index in [9.17, 15) is 13.6 Å². The van der Waals surface area contributed by atoms with E-state index in [1.165, 1.54) is 6.07 Å². The van der Waals surface area contributed by atoms with E-state index in [-0.39, 0.29) is 11.8 Å². The molecular formula is C21H19F2N5O2. The second-order valence-corrected chi connectivity index (χ2v) is 7.28. The van der Waals surface area contributed by atoms with Gasteiger partial charge in [-0.3, -0.25) is 4.79 Å². The minimum atomic E-state index is -2.93. The van der Waals surface area contributed by atoms with Crippen LogP contribution in [-0.4, -0.2) is 50.1 Å². The molecule has 154 valence electrons. The SMILES string of the molecule is O=C(c1cnn2ccc(-c3c[nH]c4nc(OC(F)F)ccc34)cc12)N1CCCCC1. The highest BCUT2D eigenvalue weighted by Gasteiger charge is 2.22. The standard InChI is InChI=1S/C21H19F2N5O2/c22-21(23)30-18-5-4-14-15(11-24-19(14)26-18)13-6-9-28-17(10-13)16(12-25-28)20(29)27-7-2-1-3-8-27/h4-6,9-12,21H,1-3,7-8H2,(H,24,26). The van der Waals surface area contributed by atoms with Gasteiger partial charge in [0.15, 0.2) is 0 Å². The zero-order valence-electron chi connectivity index (χ0n) is 16.0. The summed E-state index contributed by atoms with van der Waals surface area (Å²) in [7, 11) is 0. The number of fused-ring (bicyclic) bond motifs is 2. The van der Waals surface area contributed by atoms with Crippen molar-refractivity contribution in [1.82, 2.24) is 24.5 Å². The van der Waals surface area contributed by atoms with Crippen molar-refractivity contribution in [1.29, 1.82) is 0 Å². The van der Waals surface area contributed by atoms with Crippen molar-refractivity contribution in [2.45, 2.75) is 25.9 Å². The van der Waals surface area contributed by atoms with Gasteiger partial charge in [0.25, 0.3) is 5.91 Å². The van der Waals surface area contributed by atoms with Gasteiger partial charge in [0.2, 0.25) is 5.88 Å². The topological polar surface area (TPSA) is 75.5 Å². The van der Waals surface area contributed by atoms with E-state index in [4.69, 9.17) is 0 Å². The molecule has 1 fully saturated rings. The quantitative estimate of drug-likeness (QED) is 0.549. The fraction of sp³-hybridized carbons (Fsp3) is 0.286. The lowest BCUT2D eigenvalue weighted by atomic mass is 10.1. The van der Waals surface area contributed by atoms with Gasteiger partial charge in [0.1, 0.15) is 5.65 Å². The van der Waals surface area contributed by atoms with Crippen molar-refractivity contribution < 1.29 is 18.3 Å². The second-order valence-electron chi connectivity index (χ2n) is 7.28. The highest BCUT2D eigenvalue weighted by atomic mass is 19.3. The molecular weight excluding hydrogens is 392 g/mol. The molecule has 0 radical (unpaired) electrons. The Hall–Kier alpha value is -3.49. The third-order valence-electron chi connectivity index (χ3n) is 5.43. The highest BCUT2D eigenvalue weighted by molar-refractivity contribution is 6.02. The van der Waals surface area contributed by atoms with Gasteiger partial charge >= 0.3 is 6.61 Å². The van der Waals surface area contributed by atoms with E-state index >= 15 is 0 Å². The Morgan fingerprint density at radius 1 is 1.17 bits per heavy atom. The van der Waals surface area contributed by atoms with Crippen molar-refractivity contribution >= 4 is 22.5 Å². The largest absolute Gasteiger partial charge is 0.417 e. The Labute approximate surface area is 170 Å². The summed E-state index contributed by atoms with van der Waals surface area (Å²) >= 11 is 0. The minimum absolute atomic E-state index is 0.00349. The number of hydrogen-bond acceptors (Lipinski definition) is 4.